The van der Waals surface area contributed by atoms with E-state index < -0.39 is 0 Å². The number of aromatic nitrogens is 3. The van der Waals surface area contributed by atoms with Crippen LogP contribution in [0.5, 0.6) is 0 Å². The molecule has 0 aromatic carbocycles. The predicted octanol–water partition coefficient (Wildman–Crippen LogP) is 3.69. The Kier molecular flexibility index (Phi) is 5.60. The summed E-state index contributed by atoms with van der Waals surface area (Å²) in [4.78, 5) is 28.2. The molecule has 6 heteroatoms. The first-order valence-corrected chi connectivity index (χ1v) is 12.0. The number of carbonyl (C=O) groups is 1. The fraction of sp³-hybridized carbons (Fsp3) is 0.345. The molecule has 0 N–H and O–H groups in total. The average Bonchev–Trinajstić information content (AvgIpc) is 3.52. The van der Waals surface area contributed by atoms with Gasteiger partial charge in [-0.1, -0.05) is 65.5 Å². The third-order valence-corrected chi connectivity index (χ3v) is 8.11. The van der Waals surface area contributed by atoms with Gasteiger partial charge in [0.2, 0.25) is 0 Å². The molecule has 3 aromatic heterocycles. The molecule has 6 rings (SSSR count). The van der Waals surface area contributed by atoms with Crippen LogP contribution in [0.25, 0.3) is 29.1 Å². The Labute approximate surface area is 222 Å². The van der Waals surface area contributed by atoms with Gasteiger partial charge in [-0.2, -0.15) is 11.4 Å². The van der Waals surface area contributed by atoms with Crippen molar-refractivity contribution in [3.05, 3.63) is 83.6 Å². The molecule has 0 spiro atoms. The molecule has 174 valence electrons. The SMILES string of the molecule is Cc1c2[n-]c(c1C)/C=c1\[n-]/c(c(C)c1C)=C\c1[n-]c3c(c1C)C(=O)[C@H](C)/C3=C1\C[C@H](C)/C(=C/2)[N-]1.[Mg+2]. The Balaban J connectivity index is 0.00000253. The molecule has 1 saturated heterocycles. The molecule has 1 fully saturated rings. The molecule has 0 saturated carbocycles. The molecule has 3 aromatic rings. The smallest absolute Gasteiger partial charge is 0.664 e. The van der Waals surface area contributed by atoms with Gasteiger partial charge in [0.15, 0.2) is 5.78 Å². The van der Waals surface area contributed by atoms with Crippen LogP contribution in [0.1, 0.15) is 81.2 Å². The Morgan fingerprint density at radius 3 is 1.94 bits per heavy atom. The number of Topliss-reactive ketones (excluding diaryl/α,β-unsaturated/α-hetero) is 1. The number of hydrogen-bond donors (Lipinski definition) is 0. The summed E-state index contributed by atoms with van der Waals surface area (Å²) in [6.07, 6.45) is 7.05. The first-order chi connectivity index (χ1) is 16.2. The van der Waals surface area contributed by atoms with Crippen LogP contribution in [0.4, 0.5) is 0 Å². The molecule has 3 aliphatic rings. The van der Waals surface area contributed by atoms with Gasteiger partial charge in [-0.15, -0.1) is 33.5 Å². The summed E-state index contributed by atoms with van der Waals surface area (Å²) in [5.74, 6) is 0.193. The van der Waals surface area contributed by atoms with Crippen molar-refractivity contribution < 1.29 is 4.79 Å². The van der Waals surface area contributed by atoms with E-state index in [0.29, 0.717) is 0 Å². The van der Waals surface area contributed by atoms with Gasteiger partial charge in [0.05, 0.1) is 0 Å². The van der Waals surface area contributed by atoms with Gasteiger partial charge in [0.1, 0.15) is 0 Å². The molecule has 0 amide bonds. The fourth-order valence-corrected chi connectivity index (χ4v) is 5.52. The summed E-state index contributed by atoms with van der Waals surface area (Å²) in [5.41, 5.74) is 12.9. The van der Waals surface area contributed by atoms with Crippen molar-refractivity contribution in [2.24, 2.45) is 11.8 Å². The summed E-state index contributed by atoms with van der Waals surface area (Å²) >= 11 is 0. The van der Waals surface area contributed by atoms with Crippen molar-refractivity contribution in [2.45, 2.75) is 54.9 Å². The van der Waals surface area contributed by atoms with Crippen LogP contribution in [0, 0.1) is 46.5 Å². The Hall–Kier alpha value is -2.70. The largest absolute Gasteiger partial charge is 2.00 e. The number of hydrogen-bond acceptors (Lipinski definition) is 1. The number of carbonyl (C=O) groups excluding carboxylic acids is 1. The predicted molar refractivity (Wildman–Crippen MR) is 141 cm³/mol. The maximum Gasteiger partial charge on any atom is 2.00 e. The van der Waals surface area contributed by atoms with Crippen molar-refractivity contribution in [1.82, 2.24) is 15.0 Å². The van der Waals surface area contributed by atoms with E-state index in [4.69, 9.17) is 20.3 Å². The van der Waals surface area contributed by atoms with Gasteiger partial charge in [-0.25, -0.2) is 0 Å². The minimum Gasteiger partial charge on any atom is -0.664 e. The van der Waals surface area contributed by atoms with Gasteiger partial charge in [-0.3, -0.25) is 4.79 Å². The van der Waals surface area contributed by atoms with Crippen LogP contribution in [0.15, 0.2) is 11.4 Å². The van der Waals surface area contributed by atoms with E-state index in [1.165, 1.54) is 11.1 Å². The molecule has 5 nitrogen and oxygen atoms in total. The van der Waals surface area contributed by atoms with Crippen LogP contribution < -0.4 is 25.7 Å². The summed E-state index contributed by atoms with van der Waals surface area (Å²) in [6.45, 7) is 14.6. The second kappa shape index (κ2) is 8.17. The van der Waals surface area contributed by atoms with Crippen molar-refractivity contribution in [3.63, 3.8) is 0 Å². The average molecular weight is 473 g/mol. The minimum absolute atomic E-state index is 0. The zero-order valence-corrected chi connectivity index (χ0v) is 22.9. The molecule has 8 bridgehead atoms. The van der Waals surface area contributed by atoms with Gasteiger partial charge in [0, 0.05) is 11.5 Å². The van der Waals surface area contributed by atoms with Crippen molar-refractivity contribution in [3.8, 4) is 0 Å². The van der Waals surface area contributed by atoms with E-state index in [-0.39, 0.29) is 40.7 Å². The molecular weight excluding hydrogens is 445 g/mol. The van der Waals surface area contributed by atoms with Gasteiger partial charge >= 0.3 is 23.1 Å². The summed E-state index contributed by atoms with van der Waals surface area (Å²) in [5, 5.41) is 6.88. The first-order valence-electron chi connectivity index (χ1n) is 12.0. The Morgan fingerprint density at radius 2 is 1.31 bits per heavy atom. The van der Waals surface area contributed by atoms with E-state index >= 15 is 0 Å². The third-order valence-electron chi connectivity index (χ3n) is 8.11. The Morgan fingerprint density at radius 1 is 0.743 bits per heavy atom. The number of fused-ring (bicyclic) bond motifs is 7. The van der Waals surface area contributed by atoms with E-state index in [0.717, 1.165) is 79.1 Å². The molecule has 2 atom stereocenters. The second-order valence-electron chi connectivity index (χ2n) is 10.1. The maximum atomic E-state index is 13.3. The zero-order valence-electron chi connectivity index (χ0n) is 21.5. The van der Waals surface area contributed by atoms with Gasteiger partial charge < -0.3 is 20.3 Å². The second-order valence-corrected chi connectivity index (χ2v) is 10.1. The normalized spacial score (nSPS) is 25.8. The van der Waals surface area contributed by atoms with Crippen LogP contribution in [0.3, 0.4) is 0 Å². The minimum atomic E-state index is -0.218. The standard InChI is InChI=1S/C29H29N4O.Mg/c1-12-8-25-26-18(7)29(34)27-17(6)24(33-28(26)27)11-23-16(5)15(4)22(32-23)10-21-14(3)13(2)20(31-21)9-19(12)30-25;/h9-12,18H,8H2,1-7H3,(H-,30,33,34);/q-3;+2/p-1/b19-9-,22-10-,23-11-;/t12-,18+;/m0./s1. The van der Waals surface area contributed by atoms with E-state index in [1.54, 1.807) is 0 Å². The summed E-state index contributed by atoms with van der Waals surface area (Å²) in [6, 6.07) is 0. The van der Waals surface area contributed by atoms with Crippen LogP contribution >= 0.6 is 0 Å². The van der Waals surface area contributed by atoms with Crippen molar-refractivity contribution >= 4 is 52.6 Å². The maximum absolute atomic E-state index is 13.3. The molecule has 0 unspecified atom stereocenters. The zero-order chi connectivity index (χ0) is 24.0. The summed E-state index contributed by atoms with van der Waals surface area (Å²) in [7, 11) is 0. The quantitative estimate of drug-likeness (QED) is 0.468. The monoisotopic (exact) mass is 472 g/mol. The topological polar surface area (TPSA) is 73.5 Å². The molecule has 1 aliphatic carbocycles. The molecule has 2 aliphatic heterocycles. The Bertz CT molecular complexity index is 1600. The van der Waals surface area contributed by atoms with Gasteiger partial charge in [0.25, 0.3) is 0 Å². The first kappa shape index (κ1) is 24.0. The van der Waals surface area contributed by atoms with Crippen LogP contribution in [-0.4, -0.2) is 28.8 Å². The van der Waals surface area contributed by atoms with Gasteiger partial charge in [-0.05, 0) is 47.0 Å². The molecule has 5 heterocycles. The fourth-order valence-electron chi connectivity index (χ4n) is 5.52. The summed E-state index contributed by atoms with van der Waals surface area (Å²) < 4.78 is 0. The number of rotatable bonds is 0. The van der Waals surface area contributed by atoms with E-state index in [9.17, 15) is 4.79 Å². The van der Waals surface area contributed by atoms with Crippen LogP contribution in [0.2, 0.25) is 0 Å². The molecular formula is C29H28MgN4O-2. The number of nitrogens with zero attached hydrogens (tertiary/aromatic N) is 4. The number of ketones is 1. The molecule has 35 heavy (non-hydrogen) atoms. The third kappa shape index (κ3) is 3.37. The van der Waals surface area contributed by atoms with E-state index in [2.05, 4.69) is 46.8 Å². The van der Waals surface area contributed by atoms with Crippen molar-refractivity contribution in [1.29, 1.82) is 0 Å². The van der Waals surface area contributed by atoms with E-state index in [1.807, 2.05) is 19.9 Å². The van der Waals surface area contributed by atoms with Crippen molar-refractivity contribution in [2.75, 3.05) is 0 Å². The van der Waals surface area contributed by atoms with Crippen LogP contribution in [-0.2, 0) is 0 Å². The number of allylic oxidation sites excluding steroid dienone is 3. The molecule has 0 radical (unpaired) electrons.